The van der Waals surface area contributed by atoms with Crippen molar-refractivity contribution in [2.45, 2.75) is 13.8 Å². The van der Waals surface area contributed by atoms with Gasteiger partial charge in [0, 0.05) is 35.7 Å². The van der Waals surface area contributed by atoms with Crippen LogP contribution in [0.1, 0.15) is 29.1 Å². The molecule has 4 aromatic rings. The van der Waals surface area contributed by atoms with Gasteiger partial charge in [0.1, 0.15) is 41.2 Å². The summed E-state index contributed by atoms with van der Waals surface area (Å²) in [6, 6.07) is 17.4. The Balaban J connectivity index is 1.36. The Labute approximate surface area is 241 Å². The molecule has 41 heavy (non-hydrogen) atoms. The lowest BCUT2D eigenvalue weighted by molar-refractivity contribution is -0.142. The first-order valence-electron chi connectivity index (χ1n) is 13.2. The number of aromatic hydroxyl groups is 1. The number of rotatable bonds is 15. The average Bonchev–Trinajstić information content (AvgIpc) is 3.31. The molecule has 0 aliphatic heterocycles. The van der Waals surface area contributed by atoms with Crippen LogP contribution in [0.3, 0.4) is 0 Å². The number of thiophene rings is 1. The minimum atomic E-state index is -0.501. The van der Waals surface area contributed by atoms with E-state index in [0.29, 0.717) is 58.6 Å². The Kier molecular flexibility index (Phi) is 10.7. The van der Waals surface area contributed by atoms with Crippen molar-refractivity contribution in [3.63, 3.8) is 0 Å². The molecule has 3 aromatic carbocycles. The summed E-state index contributed by atoms with van der Waals surface area (Å²) >= 11 is 1.18. The molecule has 0 unspecified atom stereocenters. The van der Waals surface area contributed by atoms with Crippen LogP contribution in [0.4, 0.5) is 4.39 Å². The molecule has 1 heterocycles. The smallest absolute Gasteiger partial charge is 0.302 e. The standard InChI is InChI=1S/C31H32FNO7S/c1-3-33(13-15-37-17-18-38-21(2)34)14-16-39-25-8-10-26(11-9-25)40-30-27-12-7-24(35)20-28(27)41-31(30)29(36)22-5-4-6-23(32)19-22/h4-12,19-20,35H,3,13-18H2,1-2H3. The first-order valence-corrected chi connectivity index (χ1v) is 14.1. The molecule has 0 spiro atoms. The molecule has 0 atom stereocenters. The molecule has 0 aliphatic carbocycles. The van der Waals surface area contributed by atoms with E-state index in [1.165, 1.54) is 42.5 Å². The highest BCUT2D eigenvalue weighted by atomic mass is 32.1. The largest absolute Gasteiger partial charge is 0.508 e. The quantitative estimate of drug-likeness (QED) is 0.103. The Morgan fingerprint density at radius 2 is 1.68 bits per heavy atom. The Hall–Kier alpha value is -3.99. The van der Waals surface area contributed by atoms with Gasteiger partial charge in [-0.1, -0.05) is 19.1 Å². The second kappa shape index (κ2) is 14.6. The first kappa shape index (κ1) is 30.0. The van der Waals surface area contributed by atoms with Gasteiger partial charge in [0.15, 0.2) is 5.75 Å². The number of carbonyl (C=O) groups excluding carboxylic acids is 2. The second-order valence-electron chi connectivity index (χ2n) is 9.09. The maximum atomic E-state index is 13.8. The van der Waals surface area contributed by atoms with Crippen LogP contribution in [0.5, 0.6) is 23.0 Å². The van der Waals surface area contributed by atoms with E-state index in [1.54, 1.807) is 42.5 Å². The number of halogens is 1. The van der Waals surface area contributed by atoms with Gasteiger partial charge in [-0.3, -0.25) is 14.5 Å². The van der Waals surface area contributed by atoms with Gasteiger partial charge in [-0.15, -0.1) is 11.3 Å². The number of benzene rings is 3. The third-order valence-corrected chi connectivity index (χ3v) is 7.31. The summed E-state index contributed by atoms with van der Waals surface area (Å²) in [6.45, 7) is 7.34. The number of esters is 1. The van der Waals surface area contributed by atoms with Gasteiger partial charge >= 0.3 is 5.97 Å². The molecule has 0 saturated heterocycles. The van der Waals surface area contributed by atoms with Crippen LogP contribution in [0, 0.1) is 5.82 Å². The van der Waals surface area contributed by atoms with Gasteiger partial charge in [-0.2, -0.15) is 0 Å². The van der Waals surface area contributed by atoms with Crippen LogP contribution in [0.2, 0.25) is 0 Å². The van der Waals surface area contributed by atoms with Gasteiger partial charge in [0.2, 0.25) is 5.78 Å². The molecule has 0 aliphatic rings. The monoisotopic (exact) mass is 581 g/mol. The van der Waals surface area contributed by atoms with Crippen molar-refractivity contribution < 1.29 is 38.0 Å². The van der Waals surface area contributed by atoms with E-state index < -0.39 is 5.82 Å². The van der Waals surface area contributed by atoms with Crippen LogP contribution in [0.25, 0.3) is 10.1 Å². The molecule has 0 amide bonds. The highest BCUT2D eigenvalue weighted by molar-refractivity contribution is 7.21. The molecule has 8 nitrogen and oxygen atoms in total. The summed E-state index contributed by atoms with van der Waals surface area (Å²) in [5.41, 5.74) is 0.212. The summed E-state index contributed by atoms with van der Waals surface area (Å²) in [7, 11) is 0. The number of hydrogen-bond donors (Lipinski definition) is 1. The van der Waals surface area contributed by atoms with Crippen molar-refractivity contribution >= 4 is 33.2 Å². The van der Waals surface area contributed by atoms with E-state index in [9.17, 15) is 19.1 Å². The molecule has 0 fully saturated rings. The van der Waals surface area contributed by atoms with E-state index in [-0.39, 0.29) is 29.7 Å². The van der Waals surface area contributed by atoms with Crippen molar-refractivity contribution in [3.05, 3.63) is 83.0 Å². The first-order chi connectivity index (χ1) is 19.8. The van der Waals surface area contributed by atoms with E-state index >= 15 is 0 Å². The number of ether oxygens (including phenoxy) is 4. The third-order valence-electron chi connectivity index (χ3n) is 6.17. The summed E-state index contributed by atoms with van der Waals surface area (Å²) in [5.74, 6) is 0.408. The van der Waals surface area contributed by atoms with Gasteiger partial charge in [0.25, 0.3) is 0 Å². The van der Waals surface area contributed by atoms with E-state index in [1.807, 2.05) is 0 Å². The summed E-state index contributed by atoms with van der Waals surface area (Å²) in [6.07, 6.45) is 0. The minimum Gasteiger partial charge on any atom is -0.508 e. The highest BCUT2D eigenvalue weighted by Gasteiger charge is 2.22. The van der Waals surface area contributed by atoms with Gasteiger partial charge in [0.05, 0.1) is 13.2 Å². The molecular formula is C31H32FNO7S. The topological polar surface area (TPSA) is 94.5 Å². The maximum Gasteiger partial charge on any atom is 0.302 e. The summed E-state index contributed by atoms with van der Waals surface area (Å²) in [4.78, 5) is 26.6. The van der Waals surface area contributed by atoms with Crippen molar-refractivity contribution in [2.75, 3.05) is 46.1 Å². The molecule has 1 aromatic heterocycles. The van der Waals surface area contributed by atoms with Crippen LogP contribution >= 0.6 is 11.3 Å². The number of carbonyl (C=O) groups is 2. The van der Waals surface area contributed by atoms with Crippen LogP contribution < -0.4 is 9.47 Å². The second-order valence-corrected chi connectivity index (χ2v) is 10.1. The van der Waals surface area contributed by atoms with E-state index in [4.69, 9.17) is 18.9 Å². The van der Waals surface area contributed by atoms with Gasteiger partial charge in [-0.05, 0) is 61.1 Å². The van der Waals surface area contributed by atoms with Crippen molar-refractivity contribution in [2.24, 2.45) is 0 Å². The van der Waals surface area contributed by atoms with E-state index in [0.717, 1.165) is 13.1 Å². The van der Waals surface area contributed by atoms with Crippen LogP contribution in [0.15, 0.2) is 66.7 Å². The zero-order chi connectivity index (χ0) is 29.2. The lowest BCUT2D eigenvalue weighted by atomic mass is 10.1. The zero-order valence-corrected chi connectivity index (χ0v) is 23.7. The molecule has 10 heteroatoms. The average molecular weight is 582 g/mol. The lowest BCUT2D eigenvalue weighted by Gasteiger charge is -2.20. The number of fused-ring (bicyclic) bond motifs is 1. The van der Waals surface area contributed by atoms with Crippen molar-refractivity contribution in [1.29, 1.82) is 0 Å². The molecule has 4 rings (SSSR count). The Morgan fingerprint density at radius 1 is 0.927 bits per heavy atom. The summed E-state index contributed by atoms with van der Waals surface area (Å²) in [5, 5.41) is 10.6. The maximum absolute atomic E-state index is 13.8. The Morgan fingerprint density at radius 3 is 2.41 bits per heavy atom. The molecular weight excluding hydrogens is 549 g/mol. The van der Waals surface area contributed by atoms with Crippen LogP contribution in [-0.4, -0.2) is 67.8 Å². The third kappa shape index (κ3) is 8.50. The number of nitrogens with zero attached hydrogens (tertiary/aromatic N) is 1. The molecule has 216 valence electrons. The number of ketones is 1. The van der Waals surface area contributed by atoms with Crippen LogP contribution in [-0.2, 0) is 14.3 Å². The van der Waals surface area contributed by atoms with Gasteiger partial charge in [-0.25, -0.2) is 4.39 Å². The molecule has 0 bridgehead atoms. The fraction of sp³-hybridized carbons (Fsp3) is 0.290. The predicted molar refractivity (Wildman–Crippen MR) is 155 cm³/mol. The predicted octanol–water partition coefficient (Wildman–Crippen LogP) is 6.05. The highest BCUT2D eigenvalue weighted by Crippen LogP contribution is 2.42. The number of phenolic OH excluding ortho intramolecular Hbond substituents is 1. The number of phenols is 1. The summed E-state index contributed by atoms with van der Waals surface area (Å²) < 4.78 is 36.9. The van der Waals surface area contributed by atoms with Gasteiger partial charge < -0.3 is 24.1 Å². The SMILES string of the molecule is CCN(CCOCCOC(C)=O)CCOc1ccc(Oc2c(C(=O)c3cccc(F)c3)sc3cc(O)ccc23)cc1. The molecule has 0 radical (unpaired) electrons. The molecule has 0 saturated carbocycles. The van der Waals surface area contributed by atoms with Crippen molar-refractivity contribution in [1.82, 2.24) is 4.90 Å². The number of hydrogen-bond acceptors (Lipinski definition) is 9. The van der Waals surface area contributed by atoms with E-state index in [2.05, 4.69) is 11.8 Å². The Bertz CT molecular complexity index is 1470. The lowest BCUT2D eigenvalue weighted by Crippen LogP contribution is -2.31. The minimum absolute atomic E-state index is 0.0741. The fourth-order valence-electron chi connectivity index (χ4n) is 4.06. The zero-order valence-electron chi connectivity index (χ0n) is 22.9. The number of likely N-dealkylation sites (N-methyl/N-ethyl adjacent to an activating group) is 1. The molecule has 1 N–H and O–H groups in total. The fourth-order valence-corrected chi connectivity index (χ4v) is 5.18. The normalized spacial score (nSPS) is 11.1. The van der Waals surface area contributed by atoms with Crippen molar-refractivity contribution in [3.8, 4) is 23.0 Å².